The van der Waals surface area contributed by atoms with Crippen molar-refractivity contribution in [2.75, 3.05) is 26.2 Å². The number of nitrogens with zero attached hydrogens (tertiary/aromatic N) is 1. The summed E-state index contributed by atoms with van der Waals surface area (Å²) < 4.78 is 0. The maximum absolute atomic E-state index is 9.04. The normalized spacial score (nSPS) is 15.5. The van der Waals surface area contributed by atoms with Crippen molar-refractivity contribution in [3.05, 3.63) is 0 Å². The van der Waals surface area contributed by atoms with Crippen LogP contribution in [0.3, 0.4) is 0 Å². The Balaban J connectivity index is 4.56. The SMILES string of the molecule is CCCC(C)(CNC(C)C)CN(CCCO)C(C)C. The molecule has 0 saturated carbocycles. The van der Waals surface area contributed by atoms with Gasteiger partial charge in [0.25, 0.3) is 0 Å². The van der Waals surface area contributed by atoms with Crippen molar-refractivity contribution in [2.24, 2.45) is 5.41 Å². The molecule has 0 rings (SSSR count). The van der Waals surface area contributed by atoms with E-state index in [1.807, 2.05) is 0 Å². The van der Waals surface area contributed by atoms with Gasteiger partial charge in [0.15, 0.2) is 0 Å². The molecule has 0 aliphatic rings. The van der Waals surface area contributed by atoms with E-state index in [9.17, 15) is 0 Å². The third-order valence-corrected chi connectivity index (χ3v) is 3.71. The fraction of sp³-hybridized carbons (Fsp3) is 1.00. The van der Waals surface area contributed by atoms with Crippen LogP contribution in [0.2, 0.25) is 0 Å². The fourth-order valence-electron chi connectivity index (χ4n) is 2.56. The van der Waals surface area contributed by atoms with Gasteiger partial charge in [0, 0.05) is 38.3 Å². The standard InChI is InChI=1S/C16H36N2O/c1-7-9-16(6,12-17-14(2)3)13-18(15(4)5)10-8-11-19/h14-15,17,19H,7-13H2,1-6H3. The number of nitrogens with one attached hydrogen (secondary N) is 1. The lowest BCUT2D eigenvalue weighted by molar-refractivity contribution is 0.112. The number of aliphatic hydroxyl groups is 1. The van der Waals surface area contributed by atoms with Crippen LogP contribution in [0.15, 0.2) is 0 Å². The van der Waals surface area contributed by atoms with Crippen LogP contribution >= 0.6 is 0 Å². The highest BCUT2D eigenvalue weighted by Crippen LogP contribution is 2.25. The summed E-state index contributed by atoms with van der Waals surface area (Å²) in [4.78, 5) is 2.51. The third-order valence-electron chi connectivity index (χ3n) is 3.71. The van der Waals surface area contributed by atoms with Gasteiger partial charge in [0.1, 0.15) is 0 Å². The van der Waals surface area contributed by atoms with E-state index in [0.717, 1.165) is 26.1 Å². The lowest BCUT2D eigenvalue weighted by Crippen LogP contribution is -2.46. The summed E-state index contributed by atoms with van der Waals surface area (Å²) in [6.45, 7) is 17.0. The Bertz CT molecular complexity index is 219. The summed E-state index contributed by atoms with van der Waals surface area (Å²) in [6, 6.07) is 1.09. The Kier molecular flexibility index (Phi) is 9.67. The summed E-state index contributed by atoms with van der Waals surface area (Å²) >= 11 is 0. The van der Waals surface area contributed by atoms with Crippen molar-refractivity contribution in [1.29, 1.82) is 0 Å². The van der Waals surface area contributed by atoms with Gasteiger partial charge < -0.3 is 15.3 Å². The van der Waals surface area contributed by atoms with Crippen LogP contribution in [-0.4, -0.2) is 48.3 Å². The number of rotatable bonds is 11. The first-order chi connectivity index (χ1) is 8.84. The van der Waals surface area contributed by atoms with E-state index in [4.69, 9.17) is 5.11 Å². The molecule has 0 spiro atoms. The average Bonchev–Trinajstić information content (AvgIpc) is 2.32. The van der Waals surface area contributed by atoms with Gasteiger partial charge in [0.2, 0.25) is 0 Å². The number of hydrogen-bond donors (Lipinski definition) is 2. The van der Waals surface area contributed by atoms with Crippen LogP contribution in [0, 0.1) is 5.41 Å². The van der Waals surface area contributed by atoms with Crippen molar-refractivity contribution in [3.63, 3.8) is 0 Å². The molecule has 1 atom stereocenters. The smallest absolute Gasteiger partial charge is 0.0443 e. The summed E-state index contributed by atoms with van der Waals surface area (Å²) in [5, 5.41) is 12.6. The van der Waals surface area contributed by atoms with Crippen LogP contribution in [-0.2, 0) is 0 Å². The second-order valence-electron chi connectivity index (χ2n) is 6.74. The van der Waals surface area contributed by atoms with Crippen LogP contribution in [0.25, 0.3) is 0 Å². The van der Waals surface area contributed by atoms with Crippen LogP contribution < -0.4 is 5.32 Å². The second kappa shape index (κ2) is 9.73. The molecule has 0 saturated heterocycles. The van der Waals surface area contributed by atoms with Gasteiger partial charge in [-0.2, -0.15) is 0 Å². The van der Waals surface area contributed by atoms with Gasteiger partial charge in [0.05, 0.1) is 0 Å². The maximum Gasteiger partial charge on any atom is 0.0443 e. The molecule has 0 aromatic rings. The minimum absolute atomic E-state index is 0.290. The summed E-state index contributed by atoms with van der Waals surface area (Å²) in [5.74, 6) is 0. The first kappa shape index (κ1) is 18.9. The quantitative estimate of drug-likeness (QED) is 0.607. The lowest BCUT2D eigenvalue weighted by atomic mass is 9.84. The lowest BCUT2D eigenvalue weighted by Gasteiger charge is -2.38. The molecule has 0 aliphatic carbocycles. The molecular formula is C16H36N2O. The van der Waals surface area contributed by atoms with Gasteiger partial charge in [-0.05, 0) is 32.1 Å². The number of hydrogen-bond acceptors (Lipinski definition) is 3. The van der Waals surface area contributed by atoms with Gasteiger partial charge in [-0.3, -0.25) is 0 Å². The molecular weight excluding hydrogens is 236 g/mol. The summed E-state index contributed by atoms with van der Waals surface area (Å²) in [5.41, 5.74) is 0.318. The molecule has 3 heteroatoms. The van der Waals surface area contributed by atoms with Gasteiger partial charge in [-0.1, -0.05) is 34.1 Å². The highest BCUT2D eigenvalue weighted by atomic mass is 16.3. The molecule has 19 heavy (non-hydrogen) atoms. The van der Waals surface area contributed by atoms with Crippen molar-refractivity contribution in [2.45, 2.75) is 72.9 Å². The topological polar surface area (TPSA) is 35.5 Å². The molecule has 0 bridgehead atoms. The van der Waals surface area contributed by atoms with Crippen molar-refractivity contribution in [3.8, 4) is 0 Å². The van der Waals surface area contributed by atoms with Gasteiger partial charge in [-0.15, -0.1) is 0 Å². The molecule has 2 N–H and O–H groups in total. The maximum atomic E-state index is 9.04. The monoisotopic (exact) mass is 272 g/mol. The van der Waals surface area contributed by atoms with E-state index in [2.05, 4.69) is 51.8 Å². The molecule has 116 valence electrons. The first-order valence-corrected chi connectivity index (χ1v) is 7.93. The Morgan fingerprint density at radius 1 is 1.21 bits per heavy atom. The summed E-state index contributed by atoms with van der Waals surface area (Å²) in [7, 11) is 0. The van der Waals surface area contributed by atoms with Crippen molar-refractivity contribution < 1.29 is 5.11 Å². The largest absolute Gasteiger partial charge is 0.396 e. The highest BCUT2D eigenvalue weighted by Gasteiger charge is 2.27. The van der Waals surface area contributed by atoms with Crippen LogP contribution in [0.5, 0.6) is 0 Å². The fourth-order valence-corrected chi connectivity index (χ4v) is 2.56. The minimum Gasteiger partial charge on any atom is -0.396 e. The minimum atomic E-state index is 0.290. The molecule has 1 unspecified atom stereocenters. The zero-order chi connectivity index (χ0) is 14.9. The van der Waals surface area contributed by atoms with Crippen LogP contribution in [0.4, 0.5) is 0 Å². The number of aliphatic hydroxyl groups excluding tert-OH is 1. The molecule has 0 aromatic heterocycles. The molecule has 0 radical (unpaired) electrons. The third kappa shape index (κ3) is 8.61. The molecule has 0 aromatic carbocycles. The van der Waals surface area contributed by atoms with Gasteiger partial charge >= 0.3 is 0 Å². The molecule has 0 aliphatic heterocycles. The zero-order valence-corrected chi connectivity index (χ0v) is 14.0. The van der Waals surface area contributed by atoms with E-state index in [1.165, 1.54) is 12.8 Å². The Morgan fingerprint density at radius 3 is 2.26 bits per heavy atom. The van der Waals surface area contributed by atoms with E-state index in [-0.39, 0.29) is 6.61 Å². The van der Waals surface area contributed by atoms with E-state index < -0.39 is 0 Å². The molecule has 3 nitrogen and oxygen atoms in total. The predicted octanol–water partition coefficient (Wildman–Crippen LogP) is 2.88. The van der Waals surface area contributed by atoms with Crippen molar-refractivity contribution >= 4 is 0 Å². The Hall–Kier alpha value is -0.120. The average molecular weight is 272 g/mol. The molecule has 0 heterocycles. The summed E-state index contributed by atoms with van der Waals surface area (Å²) in [6.07, 6.45) is 3.34. The Morgan fingerprint density at radius 2 is 1.84 bits per heavy atom. The van der Waals surface area contributed by atoms with Gasteiger partial charge in [-0.25, -0.2) is 0 Å². The molecule has 0 fully saturated rings. The predicted molar refractivity (Wildman–Crippen MR) is 84.6 cm³/mol. The van der Waals surface area contributed by atoms with E-state index in [1.54, 1.807) is 0 Å². The Labute approximate surface area is 120 Å². The van der Waals surface area contributed by atoms with E-state index in [0.29, 0.717) is 17.5 Å². The second-order valence-corrected chi connectivity index (χ2v) is 6.74. The zero-order valence-electron chi connectivity index (χ0n) is 14.0. The van der Waals surface area contributed by atoms with E-state index >= 15 is 0 Å². The van der Waals surface area contributed by atoms with Crippen LogP contribution in [0.1, 0.15) is 60.8 Å². The molecule has 0 amide bonds. The first-order valence-electron chi connectivity index (χ1n) is 7.93. The van der Waals surface area contributed by atoms with Crippen molar-refractivity contribution in [1.82, 2.24) is 10.2 Å². The highest BCUT2D eigenvalue weighted by molar-refractivity contribution is 4.82.